The van der Waals surface area contributed by atoms with Crippen LogP contribution in [-0.4, -0.2) is 59.5 Å². The van der Waals surface area contributed by atoms with Gasteiger partial charge in [-0.25, -0.2) is 0 Å². The van der Waals surface area contributed by atoms with Crippen molar-refractivity contribution in [3.63, 3.8) is 0 Å². The lowest BCUT2D eigenvalue weighted by Gasteiger charge is -2.33. The van der Waals surface area contributed by atoms with Gasteiger partial charge < -0.3 is 20.3 Å². The molecule has 0 amide bonds. The smallest absolute Gasteiger partial charge is 0.307 e. The van der Waals surface area contributed by atoms with E-state index in [0.717, 1.165) is 37.5 Å². The Bertz CT molecular complexity index is 868. The highest BCUT2D eigenvalue weighted by Crippen LogP contribution is 2.20. The number of aliphatic hydroxyl groups is 1. The highest BCUT2D eigenvalue weighted by Gasteiger charge is 2.20. The second-order valence-corrected chi connectivity index (χ2v) is 8.61. The van der Waals surface area contributed by atoms with Crippen LogP contribution in [0.5, 0.6) is 5.75 Å². The lowest BCUT2D eigenvalue weighted by Crippen LogP contribution is -2.45. The predicted octanol–water partition coefficient (Wildman–Crippen LogP) is 3.27. The molecule has 0 radical (unpaired) electrons. The van der Waals surface area contributed by atoms with Gasteiger partial charge in [0.05, 0.1) is 6.42 Å². The Hall–Kier alpha value is -2.12. The molecule has 1 heterocycles. The number of para-hydroxylation sites is 1. The van der Waals surface area contributed by atoms with E-state index < -0.39 is 12.1 Å². The number of benzene rings is 2. The summed E-state index contributed by atoms with van der Waals surface area (Å²) in [6.07, 6.45) is 1.30. The van der Waals surface area contributed by atoms with Crippen molar-refractivity contribution >= 4 is 17.6 Å². The molecule has 2 aromatic carbocycles. The fourth-order valence-electron chi connectivity index (χ4n) is 3.87. The monoisotopic (exact) mass is 446 g/mol. The number of hydrogen-bond acceptors (Lipinski definition) is 5. The summed E-state index contributed by atoms with van der Waals surface area (Å²) >= 11 is 6.05. The van der Waals surface area contributed by atoms with Crippen molar-refractivity contribution in [3.8, 4) is 5.75 Å². The number of aryl methyl sites for hydroxylation is 1. The highest BCUT2D eigenvalue weighted by molar-refractivity contribution is 6.30. The molecule has 31 heavy (non-hydrogen) atoms. The maximum absolute atomic E-state index is 11.0. The summed E-state index contributed by atoms with van der Waals surface area (Å²) in [5, 5.41) is 23.5. The molecule has 0 bridgehead atoms. The van der Waals surface area contributed by atoms with Gasteiger partial charge >= 0.3 is 5.97 Å². The Morgan fingerprint density at radius 1 is 1.23 bits per heavy atom. The van der Waals surface area contributed by atoms with Crippen molar-refractivity contribution < 1.29 is 19.7 Å². The lowest BCUT2D eigenvalue weighted by atomic mass is 10.0. The Morgan fingerprint density at radius 3 is 2.68 bits per heavy atom. The molecule has 0 spiro atoms. The minimum absolute atomic E-state index is 0.0986. The first kappa shape index (κ1) is 23.5. The number of carboxylic acids is 1. The van der Waals surface area contributed by atoms with Gasteiger partial charge in [0.15, 0.2) is 0 Å². The summed E-state index contributed by atoms with van der Waals surface area (Å²) < 4.78 is 5.67. The zero-order valence-electron chi connectivity index (χ0n) is 17.9. The molecule has 0 aliphatic carbocycles. The molecule has 6 nitrogen and oxygen atoms in total. The lowest BCUT2D eigenvalue weighted by molar-refractivity contribution is -0.136. The number of hydrogen-bond donors (Lipinski definition) is 3. The van der Waals surface area contributed by atoms with E-state index in [1.54, 1.807) is 24.3 Å². The minimum atomic E-state index is -0.907. The number of rotatable bonds is 10. The number of carbonyl (C=O) groups is 1. The molecule has 0 aromatic heterocycles. The van der Waals surface area contributed by atoms with Crippen LogP contribution in [0.4, 0.5) is 0 Å². The van der Waals surface area contributed by atoms with E-state index in [-0.39, 0.29) is 13.0 Å². The summed E-state index contributed by atoms with van der Waals surface area (Å²) in [7, 11) is 0. The molecule has 1 aliphatic heterocycles. The number of nitrogens with zero attached hydrogens (tertiary/aromatic N) is 1. The second-order valence-electron chi connectivity index (χ2n) is 8.17. The Labute approximate surface area is 188 Å². The molecule has 1 atom stereocenters. The average Bonchev–Trinajstić information content (AvgIpc) is 2.74. The zero-order chi connectivity index (χ0) is 22.2. The molecule has 1 aliphatic rings. The quantitative estimate of drug-likeness (QED) is 0.519. The molecule has 168 valence electrons. The van der Waals surface area contributed by atoms with Crippen LogP contribution in [0.15, 0.2) is 42.5 Å². The number of likely N-dealkylation sites (tertiary alicyclic amines) is 1. The molecule has 3 rings (SSSR count). The number of nitrogens with one attached hydrogen (secondary N) is 1. The van der Waals surface area contributed by atoms with Gasteiger partial charge in [-0.3, -0.25) is 9.69 Å². The Morgan fingerprint density at radius 2 is 1.97 bits per heavy atom. The van der Waals surface area contributed by atoms with Gasteiger partial charge in [-0.05, 0) is 62.2 Å². The fraction of sp³-hybridized carbons (Fsp3) is 0.458. The predicted molar refractivity (Wildman–Crippen MR) is 122 cm³/mol. The number of aliphatic hydroxyl groups excluding tert-OH is 1. The van der Waals surface area contributed by atoms with Gasteiger partial charge in [0, 0.05) is 29.7 Å². The van der Waals surface area contributed by atoms with Crippen molar-refractivity contribution in [1.29, 1.82) is 0 Å². The van der Waals surface area contributed by atoms with Crippen molar-refractivity contribution in [1.82, 2.24) is 10.2 Å². The van der Waals surface area contributed by atoms with Crippen LogP contribution in [0, 0.1) is 6.92 Å². The van der Waals surface area contributed by atoms with E-state index in [0.29, 0.717) is 23.9 Å². The van der Waals surface area contributed by atoms with Gasteiger partial charge in [0.25, 0.3) is 0 Å². The molecule has 1 fully saturated rings. The minimum Gasteiger partial charge on any atom is -0.491 e. The van der Waals surface area contributed by atoms with Crippen molar-refractivity contribution in [3.05, 3.63) is 64.2 Å². The van der Waals surface area contributed by atoms with E-state index in [4.69, 9.17) is 21.4 Å². The molecule has 3 N–H and O–H groups in total. The standard InChI is InChI=1S/C24H31ClN2O4/c1-17-12-20(25)7-6-19(17)15-27-10-8-21(9-11-27)26-14-22(28)16-31-23-5-3-2-4-18(23)13-24(29)30/h2-7,12,21-22,26,28H,8-11,13-16H2,1H3,(H,29,30)/t22-/m1/s1. The number of carboxylic acid groups (broad SMARTS) is 1. The second kappa shape index (κ2) is 11.5. The van der Waals surface area contributed by atoms with Crippen LogP contribution < -0.4 is 10.1 Å². The maximum Gasteiger partial charge on any atom is 0.307 e. The van der Waals surface area contributed by atoms with Gasteiger partial charge in [0.1, 0.15) is 18.5 Å². The number of aliphatic carboxylic acids is 1. The first-order valence-corrected chi connectivity index (χ1v) is 11.1. The largest absolute Gasteiger partial charge is 0.491 e. The molecule has 0 saturated carbocycles. The number of piperidine rings is 1. The first-order valence-electron chi connectivity index (χ1n) is 10.7. The van der Waals surface area contributed by atoms with Crippen LogP contribution in [0.1, 0.15) is 29.5 Å². The molecule has 0 unspecified atom stereocenters. The summed E-state index contributed by atoms with van der Waals surface area (Å²) in [4.78, 5) is 13.4. The fourth-order valence-corrected chi connectivity index (χ4v) is 4.10. The van der Waals surface area contributed by atoms with Crippen molar-refractivity contribution in [2.24, 2.45) is 0 Å². The summed E-state index contributed by atoms with van der Waals surface area (Å²) in [6.45, 7) is 5.62. The summed E-state index contributed by atoms with van der Waals surface area (Å²) in [6, 6.07) is 13.5. The van der Waals surface area contributed by atoms with Gasteiger partial charge in [-0.15, -0.1) is 0 Å². The highest BCUT2D eigenvalue weighted by atomic mass is 35.5. The Kier molecular flexibility index (Phi) is 8.72. The molecule has 1 saturated heterocycles. The van der Waals surface area contributed by atoms with E-state index in [2.05, 4.69) is 23.2 Å². The van der Waals surface area contributed by atoms with E-state index >= 15 is 0 Å². The number of halogens is 1. The first-order chi connectivity index (χ1) is 14.9. The van der Waals surface area contributed by atoms with Crippen molar-refractivity contribution in [2.75, 3.05) is 26.2 Å². The van der Waals surface area contributed by atoms with Gasteiger partial charge in [-0.1, -0.05) is 35.9 Å². The van der Waals surface area contributed by atoms with Crippen LogP contribution in [0.3, 0.4) is 0 Å². The molecule has 2 aromatic rings. The van der Waals surface area contributed by atoms with Crippen LogP contribution >= 0.6 is 11.6 Å². The summed E-state index contributed by atoms with van der Waals surface area (Å²) in [5.74, 6) is -0.398. The van der Waals surface area contributed by atoms with Crippen LogP contribution in [0.2, 0.25) is 5.02 Å². The topological polar surface area (TPSA) is 82.0 Å². The van der Waals surface area contributed by atoms with Crippen LogP contribution in [0.25, 0.3) is 0 Å². The molecular weight excluding hydrogens is 416 g/mol. The van der Waals surface area contributed by atoms with E-state index in [1.165, 1.54) is 11.1 Å². The van der Waals surface area contributed by atoms with Crippen molar-refractivity contribution in [2.45, 2.75) is 44.9 Å². The third-order valence-corrected chi connectivity index (χ3v) is 5.91. The summed E-state index contributed by atoms with van der Waals surface area (Å²) in [5.41, 5.74) is 3.14. The third-order valence-electron chi connectivity index (χ3n) is 5.67. The third kappa shape index (κ3) is 7.51. The van der Waals surface area contributed by atoms with Gasteiger partial charge in [0.2, 0.25) is 0 Å². The maximum atomic E-state index is 11.0. The van der Waals surface area contributed by atoms with Crippen LogP contribution in [-0.2, 0) is 17.8 Å². The Balaban J connectivity index is 1.37. The zero-order valence-corrected chi connectivity index (χ0v) is 18.6. The van der Waals surface area contributed by atoms with E-state index in [1.807, 2.05) is 12.1 Å². The molecular formula is C24H31ClN2O4. The van der Waals surface area contributed by atoms with E-state index in [9.17, 15) is 9.90 Å². The number of ether oxygens (including phenoxy) is 1. The normalized spacial score (nSPS) is 16.2. The SMILES string of the molecule is Cc1cc(Cl)ccc1CN1CCC(NC[C@@H](O)COc2ccccc2CC(=O)O)CC1. The van der Waals surface area contributed by atoms with Gasteiger partial charge in [-0.2, -0.15) is 0 Å². The average molecular weight is 447 g/mol. The molecule has 7 heteroatoms.